The zero-order valence-corrected chi connectivity index (χ0v) is 15.2. The van der Waals surface area contributed by atoms with Gasteiger partial charge in [-0.1, -0.05) is 5.16 Å². The zero-order chi connectivity index (χ0) is 19.1. The number of fused-ring (bicyclic) bond motifs is 1. The van der Waals surface area contributed by atoms with Crippen LogP contribution in [0.4, 0.5) is 16.2 Å². The third kappa shape index (κ3) is 3.12. The molecule has 1 saturated heterocycles. The van der Waals surface area contributed by atoms with Crippen LogP contribution >= 0.6 is 0 Å². The van der Waals surface area contributed by atoms with Crippen molar-refractivity contribution >= 4 is 29.2 Å². The monoisotopic (exact) mass is 362 g/mol. The lowest BCUT2D eigenvalue weighted by molar-refractivity contribution is -0.124. The number of primary amides is 1. The molecule has 3 rings (SSSR count). The van der Waals surface area contributed by atoms with Crippen molar-refractivity contribution in [3.63, 3.8) is 0 Å². The number of nitrogens with zero attached hydrogens (tertiary/aromatic N) is 3. The number of anilines is 2. The summed E-state index contributed by atoms with van der Waals surface area (Å²) in [5, 5.41) is 4.05. The van der Waals surface area contributed by atoms with Crippen LogP contribution in [0.25, 0.3) is 0 Å². The average molecular weight is 362 g/mol. The van der Waals surface area contributed by atoms with Gasteiger partial charge in [0.1, 0.15) is 19.5 Å². The fourth-order valence-corrected chi connectivity index (χ4v) is 3.06. The van der Waals surface area contributed by atoms with E-state index in [-0.39, 0.29) is 18.7 Å². The number of ether oxygens (including phenoxy) is 2. The molecule has 2 aliphatic rings. The van der Waals surface area contributed by atoms with Gasteiger partial charge in [-0.05, 0) is 32.9 Å². The van der Waals surface area contributed by atoms with E-state index in [1.807, 2.05) is 11.0 Å². The lowest BCUT2D eigenvalue weighted by atomic mass is 10.0. The Morgan fingerprint density at radius 3 is 2.69 bits per heavy atom. The van der Waals surface area contributed by atoms with Gasteiger partial charge < -0.3 is 24.9 Å². The van der Waals surface area contributed by atoms with Gasteiger partial charge in [-0.2, -0.15) is 0 Å². The SMILES string of the molecule is CO/N=C1\COc2cc(N3C[C@H](C(N)=O)OC3=O)ccc2N1C(C)(C)C. The van der Waals surface area contributed by atoms with Crippen molar-refractivity contribution in [2.75, 3.05) is 30.1 Å². The highest BCUT2D eigenvalue weighted by molar-refractivity contribution is 6.03. The molecule has 0 aromatic heterocycles. The Kier molecular flexibility index (Phi) is 4.39. The van der Waals surface area contributed by atoms with Crippen LogP contribution in [0.3, 0.4) is 0 Å². The Bertz CT molecular complexity index is 771. The number of cyclic esters (lactones) is 1. The van der Waals surface area contributed by atoms with Crippen LogP contribution in [0.5, 0.6) is 5.75 Å². The summed E-state index contributed by atoms with van der Waals surface area (Å²) in [6, 6.07) is 5.34. The second-order valence-corrected chi connectivity index (χ2v) is 7.02. The van der Waals surface area contributed by atoms with Gasteiger partial charge in [0.15, 0.2) is 11.9 Å². The second-order valence-electron chi connectivity index (χ2n) is 7.02. The largest absolute Gasteiger partial charge is 0.483 e. The highest BCUT2D eigenvalue weighted by Gasteiger charge is 2.38. The van der Waals surface area contributed by atoms with Crippen LogP contribution < -0.4 is 20.3 Å². The first-order valence-electron chi connectivity index (χ1n) is 8.17. The molecular weight excluding hydrogens is 340 g/mol. The van der Waals surface area contributed by atoms with Crippen LogP contribution in [0, 0.1) is 0 Å². The van der Waals surface area contributed by atoms with E-state index in [0.29, 0.717) is 17.3 Å². The maximum atomic E-state index is 12.0. The molecule has 0 aliphatic carbocycles. The smallest absolute Gasteiger partial charge is 0.415 e. The minimum Gasteiger partial charge on any atom is -0.483 e. The minimum atomic E-state index is -0.953. The summed E-state index contributed by atoms with van der Waals surface area (Å²) < 4.78 is 10.8. The molecule has 2 N–H and O–H groups in total. The molecule has 0 spiro atoms. The number of hydrogen-bond donors (Lipinski definition) is 1. The van der Waals surface area contributed by atoms with E-state index in [1.54, 1.807) is 12.1 Å². The normalized spacial score (nSPS) is 21.3. The van der Waals surface area contributed by atoms with E-state index >= 15 is 0 Å². The second kappa shape index (κ2) is 6.40. The first kappa shape index (κ1) is 17.8. The Hall–Kier alpha value is -2.97. The number of amidine groups is 1. The summed E-state index contributed by atoms with van der Waals surface area (Å²) in [7, 11) is 1.49. The van der Waals surface area contributed by atoms with Crippen LogP contribution in [-0.2, 0) is 14.4 Å². The topological polar surface area (TPSA) is 107 Å². The summed E-state index contributed by atoms with van der Waals surface area (Å²) in [5.41, 5.74) is 6.33. The van der Waals surface area contributed by atoms with E-state index < -0.39 is 18.1 Å². The summed E-state index contributed by atoms with van der Waals surface area (Å²) >= 11 is 0. The van der Waals surface area contributed by atoms with Crippen LogP contribution in [-0.4, -0.2) is 49.7 Å². The standard InChI is InChI=1S/C17H22N4O5/c1-17(2,3)21-11-6-5-10(7-12(11)25-9-14(21)19-24-4)20-8-13(15(18)22)26-16(20)23/h5-7,13H,8-9H2,1-4H3,(H2,18,22)/b19-14+/t13-/m1/s1. The number of benzene rings is 1. The van der Waals surface area contributed by atoms with Crippen molar-refractivity contribution in [1.82, 2.24) is 0 Å². The molecule has 2 amide bonds. The zero-order valence-electron chi connectivity index (χ0n) is 15.2. The third-order valence-corrected chi connectivity index (χ3v) is 4.11. The van der Waals surface area contributed by atoms with Gasteiger partial charge in [-0.25, -0.2) is 4.79 Å². The van der Waals surface area contributed by atoms with Crippen molar-refractivity contribution in [1.29, 1.82) is 0 Å². The van der Waals surface area contributed by atoms with Crippen LogP contribution in [0.2, 0.25) is 0 Å². The molecule has 1 fully saturated rings. The molecule has 26 heavy (non-hydrogen) atoms. The van der Waals surface area contributed by atoms with Gasteiger partial charge in [0.2, 0.25) is 0 Å². The van der Waals surface area contributed by atoms with E-state index in [4.69, 9.17) is 20.0 Å². The van der Waals surface area contributed by atoms with Crippen molar-refractivity contribution in [3.05, 3.63) is 18.2 Å². The van der Waals surface area contributed by atoms with Gasteiger partial charge in [-0.15, -0.1) is 0 Å². The van der Waals surface area contributed by atoms with Crippen molar-refractivity contribution in [2.24, 2.45) is 10.9 Å². The molecule has 0 bridgehead atoms. The molecule has 1 aromatic carbocycles. The van der Waals surface area contributed by atoms with E-state index in [0.717, 1.165) is 5.69 Å². The Morgan fingerprint density at radius 2 is 2.12 bits per heavy atom. The average Bonchev–Trinajstić information content (AvgIpc) is 2.95. The van der Waals surface area contributed by atoms with Crippen molar-refractivity contribution in [3.8, 4) is 5.75 Å². The highest BCUT2D eigenvalue weighted by atomic mass is 16.6. The predicted molar refractivity (Wildman–Crippen MR) is 95.4 cm³/mol. The number of oxime groups is 1. The Balaban J connectivity index is 1.96. The molecule has 1 atom stereocenters. The fraction of sp³-hybridized carbons (Fsp3) is 0.471. The molecule has 0 radical (unpaired) electrons. The fourth-order valence-electron chi connectivity index (χ4n) is 3.06. The highest BCUT2D eigenvalue weighted by Crippen LogP contribution is 2.40. The van der Waals surface area contributed by atoms with Gasteiger partial charge in [0.25, 0.3) is 5.91 Å². The maximum Gasteiger partial charge on any atom is 0.415 e. The number of nitrogens with two attached hydrogens (primary N) is 1. The lowest BCUT2D eigenvalue weighted by Crippen LogP contribution is -2.50. The molecule has 1 aromatic rings. The first-order valence-corrected chi connectivity index (χ1v) is 8.17. The number of amides is 2. The van der Waals surface area contributed by atoms with Crippen LogP contribution in [0.1, 0.15) is 20.8 Å². The maximum absolute atomic E-state index is 12.0. The first-order chi connectivity index (χ1) is 12.2. The molecule has 2 aliphatic heterocycles. The van der Waals surface area contributed by atoms with Crippen molar-refractivity contribution in [2.45, 2.75) is 32.4 Å². The summed E-state index contributed by atoms with van der Waals surface area (Å²) in [6.45, 7) is 6.46. The van der Waals surface area contributed by atoms with Gasteiger partial charge in [0, 0.05) is 11.6 Å². The minimum absolute atomic E-state index is 0.0757. The third-order valence-electron chi connectivity index (χ3n) is 4.11. The summed E-state index contributed by atoms with van der Waals surface area (Å²) in [6.07, 6.45) is -1.56. The molecule has 9 nitrogen and oxygen atoms in total. The summed E-state index contributed by atoms with van der Waals surface area (Å²) in [5.74, 6) is 0.576. The van der Waals surface area contributed by atoms with Gasteiger partial charge in [-0.3, -0.25) is 9.69 Å². The Labute approximate surface area is 151 Å². The predicted octanol–water partition coefficient (Wildman–Crippen LogP) is 1.45. The van der Waals surface area contributed by atoms with E-state index in [1.165, 1.54) is 12.0 Å². The van der Waals surface area contributed by atoms with Gasteiger partial charge >= 0.3 is 6.09 Å². The van der Waals surface area contributed by atoms with Crippen LogP contribution in [0.15, 0.2) is 23.4 Å². The molecule has 140 valence electrons. The summed E-state index contributed by atoms with van der Waals surface area (Å²) in [4.78, 5) is 31.6. The number of hydrogen-bond acceptors (Lipinski definition) is 6. The number of carbonyl (C=O) groups is 2. The Morgan fingerprint density at radius 1 is 1.38 bits per heavy atom. The quantitative estimate of drug-likeness (QED) is 0.816. The van der Waals surface area contributed by atoms with Gasteiger partial charge in [0.05, 0.1) is 17.9 Å². The van der Waals surface area contributed by atoms with E-state index in [9.17, 15) is 9.59 Å². The molecule has 2 heterocycles. The number of rotatable bonds is 3. The molecule has 0 saturated carbocycles. The lowest BCUT2D eigenvalue weighted by Gasteiger charge is -2.41. The number of carbonyl (C=O) groups excluding carboxylic acids is 2. The van der Waals surface area contributed by atoms with E-state index in [2.05, 4.69) is 25.9 Å². The molecule has 9 heteroatoms. The molecular formula is C17H22N4O5. The molecule has 0 unspecified atom stereocenters. The van der Waals surface area contributed by atoms with Crippen molar-refractivity contribution < 1.29 is 23.9 Å².